The number of nitrogens with zero attached hydrogens (tertiary/aromatic N) is 2. The van der Waals surface area contributed by atoms with E-state index in [0.717, 1.165) is 27.9 Å². The largest absolute Gasteiger partial charge is 0.340 e. The molecule has 2 heterocycles. The third kappa shape index (κ3) is 3.13. The highest BCUT2D eigenvalue weighted by atomic mass is 16.2. The Labute approximate surface area is 169 Å². The first-order valence-electron chi connectivity index (χ1n) is 9.78. The summed E-state index contributed by atoms with van der Waals surface area (Å²) in [5, 5.41) is 7.86. The zero-order valence-electron chi connectivity index (χ0n) is 16.2. The number of carbonyl (C=O) groups is 1. The van der Waals surface area contributed by atoms with E-state index in [1.54, 1.807) is 0 Å². The molecule has 4 heteroatoms. The summed E-state index contributed by atoms with van der Waals surface area (Å²) in [7, 11) is 0. The lowest BCUT2D eigenvalue weighted by molar-refractivity contribution is 0.0954. The molecule has 0 radical (unpaired) electrons. The number of benzene rings is 3. The quantitative estimate of drug-likeness (QED) is 0.557. The number of hydrogen-bond donors (Lipinski definition) is 1. The lowest BCUT2D eigenvalue weighted by atomic mass is 9.96. The summed E-state index contributed by atoms with van der Waals surface area (Å²) >= 11 is 0. The van der Waals surface area contributed by atoms with Gasteiger partial charge in [-0.1, -0.05) is 90.5 Å². The van der Waals surface area contributed by atoms with Crippen molar-refractivity contribution in [1.82, 2.24) is 15.1 Å². The van der Waals surface area contributed by atoms with E-state index in [2.05, 4.69) is 60.8 Å². The average Bonchev–Trinajstić information content (AvgIpc) is 3.27. The minimum absolute atomic E-state index is 0.116. The fourth-order valence-electron chi connectivity index (χ4n) is 3.97. The van der Waals surface area contributed by atoms with E-state index in [9.17, 15) is 4.79 Å². The number of carbonyl (C=O) groups excluding carboxylic acids is 1. The van der Waals surface area contributed by atoms with Crippen molar-refractivity contribution in [2.45, 2.75) is 19.5 Å². The Bertz CT molecular complexity index is 1160. The molecule has 1 aromatic heterocycles. The molecule has 142 valence electrons. The van der Waals surface area contributed by atoms with Gasteiger partial charge in [-0.25, -0.2) is 0 Å². The van der Waals surface area contributed by atoms with E-state index in [1.165, 1.54) is 5.56 Å². The molecule has 0 spiro atoms. The maximum Gasteiger partial charge on any atom is 0.272 e. The SMILES string of the molecule is Cc1ccc(C2NC(=O)c3nn(Cc4ccccc4)c(-c4ccccc4)c32)cc1. The van der Waals surface area contributed by atoms with Crippen LogP contribution >= 0.6 is 0 Å². The molecule has 1 aliphatic heterocycles. The normalized spacial score (nSPS) is 15.2. The summed E-state index contributed by atoms with van der Waals surface area (Å²) in [6, 6.07) is 28.5. The minimum Gasteiger partial charge on any atom is -0.340 e. The Morgan fingerprint density at radius 1 is 0.897 bits per heavy atom. The zero-order chi connectivity index (χ0) is 19.8. The van der Waals surface area contributed by atoms with E-state index >= 15 is 0 Å². The van der Waals surface area contributed by atoms with Gasteiger partial charge < -0.3 is 5.32 Å². The number of amides is 1. The number of fused-ring (bicyclic) bond motifs is 1. The Kier molecular flexibility index (Phi) is 4.24. The second-order valence-corrected chi connectivity index (χ2v) is 7.44. The summed E-state index contributed by atoms with van der Waals surface area (Å²) in [5.41, 5.74) is 6.95. The van der Waals surface area contributed by atoms with E-state index in [-0.39, 0.29) is 11.9 Å². The molecule has 1 atom stereocenters. The van der Waals surface area contributed by atoms with Crippen LogP contribution in [0.1, 0.15) is 38.8 Å². The van der Waals surface area contributed by atoms with Crippen LogP contribution in [0, 0.1) is 6.92 Å². The van der Waals surface area contributed by atoms with Crippen molar-refractivity contribution < 1.29 is 4.79 Å². The molecule has 0 saturated carbocycles. The Balaban J connectivity index is 1.69. The number of aryl methyl sites for hydroxylation is 1. The molecule has 5 rings (SSSR count). The zero-order valence-corrected chi connectivity index (χ0v) is 16.2. The van der Waals surface area contributed by atoms with Crippen molar-refractivity contribution in [3.8, 4) is 11.3 Å². The van der Waals surface area contributed by atoms with Crippen LogP contribution in [-0.4, -0.2) is 15.7 Å². The number of aromatic nitrogens is 2. The molecule has 0 fully saturated rings. The van der Waals surface area contributed by atoms with Gasteiger partial charge in [0.05, 0.1) is 18.3 Å². The fourth-order valence-corrected chi connectivity index (χ4v) is 3.97. The van der Waals surface area contributed by atoms with Crippen LogP contribution in [0.4, 0.5) is 0 Å². The molecule has 29 heavy (non-hydrogen) atoms. The molecule has 3 aromatic carbocycles. The van der Waals surface area contributed by atoms with Crippen LogP contribution in [-0.2, 0) is 6.54 Å². The fraction of sp³-hybridized carbons (Fsp3) is 0.120. The Hall–Kier alpha value is -3.66. The van der Waals surface area contributed by atoms with Gasteiger partial charge in [-0.2, -0.15) is 5.10 Å². The molecule has 0 bridgehead atoms. The third-order valence-corrected chi connectivity index (χ3v) is 5.40. The molecule has 1 amide bonds. The summed E-state index contributed by atoms with van der Waals surface area (Å²) in [6.07, 6.45) is 0. The van der Waals surface area contributed by atoms with Crippen LogP contribution in [0.3, 0.4) is 0 Å². The molecule has 4 nitrogen and oxygen atoms in total. The van der Waals surface area contributed by atoms with Gasteiger partial charge in [0.2, 0.25) is 0 Å². The Morgan fingerprint density at radius 3 is 2.24 bits per heavy atom. The monoisotopic (exact) mass is 379 g/mol. The molecular weight excluding hydrogens is 358 g/mol. The summed E-state index contributed by atoms with van der Waals surface area (Å²) in [5.74, 6) is -0.116. The highest BCUT2D eigenvalue weighted by Crippen LogP contribution is 2.38. The van der Waals surface area contributed by atoms with Crippen LogP contribution < -0.4 is 5.32 Å². The second-order valence-electron chi connectivity index (χ2n) is 7.44. The molecule has 4 aromatic rings. The van der Waals surface area contributed by atoms with Crippen molar-refractivity contribution in [2.75, 3.05) is 0 Å². The summed E-state index contributed by atoms with van der Waals surface area (Å²) < 4.78 is 1.97. The highest BCUT2D eigenvalue weighted by Gasteiger charge is 2.37. The van der Waals surface area contributed by atoms with Crippen molar-refractivity contribution >= 4 is 5.91 Å². The predicted octanol–water partition coefficient (Wildman–Crippen LogP) is 4.74. The van der Waals surface area contributed by atoms with Crippen LogP contribution in [0.2, 0.25) is 0 Å². The topological polar surface area (TPSA) is 46.9 Å². The van der Waals surface area contributed by atoms with Gasteiger partial charge in [-0.3, -0.25) is 9.48 Å². The van der Waals surface area contributed by atoms with Gasteiger partial charge in [0.15, 0.2) is 5.69 Å². The van der Waals surface area contributed by atoms with Crippen LogP contribution in [0.15, 0.2) is 84.9 Å². The lowest BCUT2D eigenvalue weighted by Crippen LogP contribution is -2.22. The molecule has 1 unspecified atom stereocenters. The molecule has 0 aliphatic carbocycles. The number of hydrogen-bond acceptors (Lipinski definition) is 2. The summed E-state index contributed by atoms with van der Waals surface area (Å²) in [6.45, 7) is 2.68. The van der Waals surface area contributed by atoms with E-state index in [4.69, 9.17) is 5.10 Å². The molecule has 1 N–H and O–H groups in total. The molecule has 0 saturated heterocycles. The predicted molar refractivity (Wildman–Crippen MR) is 114 cm³/mol. The lowest BCUT2D eigenvalue weighted by Gasteiger charge is -2.16. The molecule has 1 aliphatic rings. The van der Waals surface area contributed by atoms with Gasteiger partial charge in [-0.05, 0) is 18.1 Å². The van der Waals surface area contributed by atoms with Gasteiger partial charge in [0, 0.05) is 11.1 Å². The number of nitrogens with one attached hydrogen (secondary N) is 1. The standard InChI is InChI=1S/C25H21N3O/c1-17-12-14-19(15-13-17)22-21-23(25(29)26-22)27-28(16-18-8-4-2-5-9-18)24(21)20-10-6-3-7-11-20/h2-15,22H,16H2,1H3,(H,26,29). The number of rotatable bonds is 4. The first kappa shape index (κ1) is 17.4. The van der Waals surface area contributed by atoms with E-state index < -0.39 is 0 Å². The van der Waals surface area contributed by atoms with Crippen molar-refractivity contribution in [3.63, 3.8) is 0 Å². The minimum atomic E-state index is -0.196. The van der Waals surface area contributed by atoms with E-state index in [1.807, 2.05) is 41.1 Å². The second kappa shape index (κ2) is 7.06. The maximum atomic E-state index is 12.8. The van der Waals surface area contributed by atoms with Crippen molar-refractivity contribution in [2.24, 2.45) is 0 Å². The third-order valence-electron chi connectivity index (χ3n) is 5.40. The van der Waals surface area contributed by atoms with Gasteiger partial charge >= 0.3 is 0 Å². The van der Waals surface area contributed by atoms with Crippen LogP contribution in [0.25, 0.3) is 11.3 Å². The average molecular weight is 379 g/mol. The first-order valence-corrected chi connectivity index (χ1v) is 9.78. The maximum absolute atomic E-state index is 12.8. The van der Waals surface area contributed by atoms with Gasteiger partial charge in [-0.15, -0.1) is 0 Å². The summed E-state index contributed by atoms with van der Waals surface area (Å²) in [4.78, 5) is 12.8. The Morgan fingerprint density at radius 2 is 1.55 bits per heavy atom. The van der Waals surface area contributed by atoms with Crippen molar-refractivity contribution in [3.05, 3.63) is 113 Å². The van der Waals surface area contributed by atoms with Gasteiger partial charge in [0.1, 0.15) is 0 Å². The smallest absolute Gasteiger partial charge is 0.272 e. The van der Waals surface area contributed by atoms with E-state index in [0.29, 0.717) is 12.2 Å². The van der Waals surface area contributed by atoms with Crippen molar-refractivity contribution in [1.29, 1.82) is 0 Å². The van der Waals surface area contributed by atoms with Crippen LogP contribution in [0.5, 0.6) is 0 Å². The van der Waals surface area contributed by atoms with Gasteiger partial charge in [0.25, 0.3) is 5.91 Å². The first-order chi connectivity index (χ1) is 14.2. The molecular formula is C25H21N3O. The highest BCUT2D eigenvalue weighted by molar-refractivity contribution is 6.00.